The van der Waals surface area contributed by atoms with E-state index in [1.54, 1.807) is 21.0 Å². The third-order valence-corrected chi connectivity index (χ3v) is 4.88. The van der Waals surface area contributed by atoms with Crippen molar-refractivity contribution in [3.63, 3.8) is 0 Å². The van der Waals surface area contributed by atoms with Gasteiger partial charge in [0.05, 0.1) is 20.2 Å². The van der Waals surface area contributed by atoms with Gasteiger partial charge >= 0.3 is 0 Å². The summed E-state index contributed by atoms with van der Waals surface area (Å²) >= 11 is 0. The second-order valence-corrected chi connectivity index (χ2v) is 7.87. The molecule has 3 aromatic rings. The van der Waals surface area contributed by atoms with Gasteiger partial charge in [-0.2, -0.15) is 0 Å². The second-order valence-electron chi connectivity index (χ2n) is 7.87. The molecule has 156 valence electrons. The molecule has 4 nitrogen and oxygen atoms in total. The molecule has 1 atom stereocenters. The molecule has 0 heterocycles. The summed E-state index contributed by atoms with van der Waals surface area (Å²) in [4.78, 5) is 0. The van der Waals surface area contributed by atoms with E-state index in [4.69, 9.17) is 4.74 Å². The number of hydroxylamine groups is 3. The number of hydrogen-bond acceptors (Lipinski definition) is 3. The number of ether oxygens (including phenoxy) is 1. The average Bonchev–Trinajstić information content (AvgIpc) is 2.73. The van der Waals surface area contributed by atoms with Crippen molar-refractivity contribution in [3.05, 3.63) is 107 Å². The summed E-state index contributed by atoms with van der Waals surface area (Å²) in [6.07, 6.45) is -0.643. The fourth-order valence-electron chi connectivity index (χ4n) is 3.40. The van der Waals surface area contributed by atoms with E-state index in [1.165, 1.54) is 0 Å². The lowest BCUT2D eigenvalue weighted by molar-refractivity contribution is -0.840. The highest BCUT2D eigenvalue weighted by Crippen LogP contribution is 2.35. The van der Waals surface area contributed by atoms with Crippen molar-refractivity contribution in [3.8, 4) is 5.75 Å². The van der Waals surface area contributed by atoms with Gasteiger partial charge in [-0.3, -0.25) is 0 Å². The summed E-state index contributed by atoms with van der Waals surface area (Å²) in [5, 5.41) is 22.4. The highest BCUT2D eigenvalue weighted by molar-refractivity contribution is 5.99. The summed E-state index contributed by atoms with van der Waals surface area (Å²) in [7, 11) is 3.20. The maximum absolute atomic E-state index is 11.7. The van der Waals surface area contributed by atoms with Gasteiger partial charge in [-0.1, -0.05) is 72.8 Å². The van der Waals surface area contributed by atoms with Gasteiger partial charge in [-0.25, -0.2) is 0 Å². The van der Waals surface area contributed by atoms with Crippen molar-refractivity contribution >= 4 is 11.1 Å². The third-order valence-electron chi connectivity index (χ3n) is 4.88. The lowest BCUT2D eigenvalue weighted by Gasteiger charge is -2.33. The predicted molar refractivity (Wildman–Crippen MR) is 123 cm³/mol. The molecule has 3 aromatic carbocycles. The molecule has 3 rings (SSSR count). The van der Waals surface area contributed by atoms with E-state index in [0.717, 1.165) is 33.6 Å². The van der Waals surface area contributed by atoms with E-state index in [2.05, 4.69) is 12.1 Å². The van der Waals surface area contributed by atoms with Gasteiger partial charge in [0.25, 0.3) is 0 Å². The van der Waals surface area contributed by atoms with Crippen molar-refractivity contribution in [1.29, 1.82) is 0 Å². The fourth-order valence-corrected chi connectivity index (χ4v) is 3.40. The fraction of sp³-hybridized carbons (Fsp3) is 0.231. The molecule has 0 fully saturated rings. The predicted octanol–water partition coefficient (Wildman–Crippen LogP) is 4.98. The Balaban J connectivity index is 2.02. The molecule has 0 aliphatic carbocycles. The average molecular weight is 404 g/mol. The third kappa shape index (κ3) is 5.80. The first-order valence-electron chi connectivity index (χ1n) is 10.2. The summed E-state index contributed by atoms with van der Waals surface area (Å²) in [5.74, 6) is 0.720. The van der Waals surface area contributed by atoms with Crippen molar-refractivity contribution < 1.29 is 14.5 Å². The number of quaternary nitrogens is 1. The lowest BCUT2D eigenvalue weighted by atomic mass is 9.87. The summed E-state index contributed by atoms with van der Waals surface area (Å²) < 4.78 is 5.35. The van der Waals surface area contributed by atoms with Gasteiger partial charge in [0.2, 0.25) is 0 Å². The number of aliphatic hydroxyl groups is 1. The summed E-state index contributed by atoms with van der Waals surface area (Å²) in [5.41, 5.74) is 4.88. The molecule has 0 bridgehead atoms. The normalized spacial score (nSPS) is 13.5. The van der Waals surface area contributed by atoms with Crippen LogP contribution in [0.3, 0.4) is 0 Å². The van der Waals surface area contributed by atoms with Gasteiger partial charge < -0.3 is 19.7 Å². The zero-order valence-electron chi connectivity index (χ0n) is 17.8. The summed E-state index contributed by atoms with van der Waals surface area (Å²) in [6, 6.07) is 27.9. The van der Waals surface area contributed by atoms with Crippen molar-refractivity contribution in [2.24, 2.45) is 0 Å². The van der Waals surface area contributed by atoms with E-state index in [0.29, 0.717) is 13.2 Å². The van der Waals surface area contributed by atoms with Crippen LogP contribution in [0.4, 0.5) is 0 Å². The first kappa shape index (κ1) is 21.8. The molecule has 0 aliphatic heterocycles. The van der Waals surface area contributed by atoms with Gasteiger partial charge in [-0.15, -0.1) is 0 Å². The van der Waals surface area contributed by atoms with Gasteiger partial charge in [0.15, 0.2) is 0 Å². The number of benzene rings is 3. The molecular weight excluding hydrogens is 374 g/mol. The van der Waals surface area contributed by atoms with Crippen molar-refractivity contribution in [1.82, 2.24) is 0 Å². The van der Waals surface area contributed by atoms with Crippen molar-refractivity contribution in [2.75, 3.05) is 27.2 Å². The Bertz CT molecular complexity index is 957. The lowest BCUT2D eigenvalue weighted by Crippen LogP contribution is -2.36. The van der Waals surface area contributed by atoms with E-state index < -0.39 is 6.10 Å². The van der Waals surface area contributed by atoms with Crippen LogP contribution in [0.15, 0.2) is 84.9 Å². The topological polar surface area (TPSA) is 52.5 Å². The molecule has 30 heavy (non-hydrogen) atoms. The summed E-state index contributed by atoms with van der Waals surface area (Å²) in [6.45, 7) is 2.54. The van der Waals surface area contributed by atoms with Crippen LogP contribution >= 0.6 is 0 Å². The zero-order valence-corrected chi connectivity index (χ0v) is 17.8. The van der Waals surface area contributed by atoms with Crippen LogP contribution in [0.25, 0.3) is 11.1 Å². The van der Waals surface area contributed by atoms with Gasteiger partial charge in [-0.05, 0) is 46.9 Å². The number of rotatable bonds is 8. The van der Waals surface area contributed by atoms with E-state index in [1.807, 2.05) is 72.8 Å². The quantitative estimate of drug-likeness (QED) is 0.328. The molecule has 1 N–H and O–H groups in total. The van der Waals surface area contributed by atoms with Crippen molar-refractivity contribution in [2.45, 2.75) is 13.0 Å². The molecule has 0 aliphatic rings. The molecule has 1 unspecified atom stereocenters. The zero-order chi connectivity index (χ0) is 21.6. The highest BCUT2D eigenvalue weighted by Gasteiger charge is 2.18. The molecule has 4 heteroatoms. The highest BCUT2D eigenvalue weighted by atomic mass is 16.5. The molecular formula is C26H29NO3. The largest absolute Gasteiger partial charge is 0.633 e. The number of aliphatic hydroxyl groups excluding tert-OH is 1. The molecule has 0 spiro atoms. The van der Waals surface area contributed by atoms with E-state index in [9.17, 15) is 10.3 Å². The van der Waals surface area contributed by atoms with Crippen LogP contribution in [-0.4, -0.2) is 43.1 Å². The number of hydrogen-bond donors (Lipinski definition) is 1. The Labute approximate surface area is 178 Å². The molecule has 0 radical (unpaired) electrons. The van der Waals surface area contributed by atoms with Crippen LogP contribution in [0.1, 0.15) is 23.6 Å². The number of likely N-dealkylation sites (N-methyl/N-ethyl adjacent to an activating group) is 1. The van der Waals surface area contributed by atoms with Crippen LogP contribution < -0.4 is 4.74 Å². The Morgan fingerprint density at radius 1 is 0.833 bits per heavy atom. The Hall–Kier alpha value is -2.92. The smallest absolute Gasteiger partial charge is 0.137 e. The van der Waals surface area contributed by atoms with Gasteiger partial charge in [0, 0.05) is 0 Å². The molecule has 0 amide bonds. The standard InChI is InChI=1S/C26H29NO3/c1-20(28)25(21-10-6-4-7-11-21)26(22-12-8-5-9-13-22)23-14-16-24(17-15-23)30-19-18-27(2,3)29/h4-17,20,28H,18-19H2,1-3H3/b26-25-. The van der Waals surface area contributed by atoms with Crippen LogP contribution in [0.5, 0.6) is 5.75 Å². The molecule has 0 saturated carbocycles. The Kier molecular flexibility index (Phi) is 7.06. The first-order valence-corrected chi connectivity index (χ1v) is 10.2. The number of nitrogens with zero attached hydrogens (tertiary/aromatic N) is 1. The molecule has 0 aromatic heterocycles. The SMILES string of the molecule is CC(O)/C(=C(\c1ccccc1)c1ccc(OCC[N+](C)(C)[O-])cc1)c1ccccc1. The maximum Gasteiger partial charge on any atom is 0.137 e. The minimum absolute atomic E-state index is 0.361. The van der Waals surface area contributed by atoms with Crippen LogP contribution in [0.2, 0.25) is 0 Å². The minimum Gasteiger partial charge on any atom is -0.633 e. The van der Waals surface area contributed by atoms with E-state index in [-0.39, 0.29) is 4.65 Å². The molecule has 0 saturated heterocycles. The monoisotopic (exact) mass is 403 g/mol. The second kappa shape index (κ2) is 9.72. The first-order chi connectivity index (χ1) is 14.3. The van der Waals surface area contributed by atoms with Gasteiger partial charge in [0.1, 0.15) is 18.9 Å². The van der Waals surface area contributed by atoms with Crippen LogP contribution in [-0.2, 0) is 0 Å². The Morgan fingerprint density at radius 2 is 1.33 bits per heavy atom. The van der Waals surface area contributed by atoms with Crippen LogP contribution in [0, 0.1) is 5.21 Å². The Morgan fingerprint density at radius 3 is 1.83 bits per heavy atom. The minimum atomic E-state index is -0.643. The van der Waals surface area contributed by atoms with E-state index >= 15 is 0 Å². The maximum atomic E-state index is 11.7.